The van der Waals surface area contributed by atoms with Gasteiger partial charge in [-0.1, -0.05) is 0 Å². The first-order valence-electron chi connectivity index (χ1n) is 5.61. The van der Waals surface area contributed by atoms with Gasteiger partial charge in [0.25, 0.3) is 5.91 Å². The highest BCUT2D eigenvalue weighted by Crippen LogP contribution is 2.33. The highest BCUT2D eigenvalue weighted by molar-refractivity contribution is 5.99. The molecule has 0 aromatic carbocycles. The van der Waals surface area contributed by atoms with Gasteiger partial charge < -0.3 is 9.84 Å². The van der Waals surface area contributed by atoms with E-state index in [1.54, 1.807) is 0 Å². The van der Waals surface area contributed by atoms with Crippen molar-refractivity contribution >= 4 is 11.9 Å². The summed E-state index contributed by atoms with van der Waals surface area (Å²) in [5, 5.41) is 10.9. The normalized spacial score (nSPS) is 36.9. The van der Waals surface area contributed by atoms with Gasteiger partial charge in [-0.3, -0.25) is 15.0 Å². The van der Waals surface area contributed by atoms with Crippen LogP contribution in [0, 0.1) is 0 Å². The summed E-state index contributed by atoms with van der Waals surface area (Å²) in [7, 11) is 0. The Morgan fingerprint density at radius 1 is 1.56 bits per heavy atom. The third-order valence-electron chi connectivity index (χ3n) is 3.24. The molecule has 0 spiro atoms. The molecule has 18 heavy (non-hydrogen) atoms. The van der Waals surface area contributed by atoms with E-state index in [2.05, 4.69) is 0 Å². The maximum atomic E-state index is 13.2. The molecule has 2 aliphatic rings. The second kappa shape index (κ2) is 4.77. The van der Waals surface area contributed by atoms with Crippen molar-refractivity contribution in [2.75, 3.05) is 19.8 Å². The van der Waals surface area contributed by atoms with Crippen molar-refractivity contribution in [3.63, 3.8) is 0 Å². The van der Waals surface area contributed by atoms with Gasteiger partial charge >= 0.3 is 6.03 Å². The third-order valence-corrected chi connectivity index (χ3v) is 3.24. The number of urea groups is 1. The van der Waals surface area contributed by atoms with Gasteiger partial charge in [0.15, 0.2) is 6.17 Å². The molecule has 0 unspecified atom stereocenters. The number of amides is 3. The molecule has 2 saturated heterocycles. The lowest BCUT2D eigenvalue weighted by Gasteiger charge is -2.34. The summed E-state index contributed by atoms with van der Waals surface area (Å²) in [5.41, 5.74) is -1.32. The molecule has 0 saturated carbocycles. The van der Waals surface area contributed by atoms with Crippen LogP contribution in [0.2, 0.25) is 0 Å². The van der Waals surface area contributed by atoms with Gasteiger partial charge in [0, 0.05) is 0 Å². The molecule has 2 aliphatic heterocycles. The largest absolute Gasteiger partial charge is 0.393 e. The Bertz CT molecular complexity index is 362. The average molecular weight is 264 g/mol. The number of halogens is 2. The zero-order chi connectivity index (χ0) is 13.3. The van der Waals surface area contributed by atoms with Crippen LogP contribution in [0.5, 0.6) is 0 Å². The number of rotatable bonds is 3. The van der Waals surface area contributed by atoms with Crippen molar-refractivity contribution in [2.45, 2.75) is 30.8 Å². The minimum Gasteiger partial charge on any atom is -0.393 e. The zero-order valence-corrected chi connectivity index (χ0v) is 9.57. The Morgan fingerprint density at radius 2 is 2.28 bits per heavy atom. The number of hydrogen-bond acceptors (Lipinski definition) is 4. The molecule has 3 amide bonds. The number of ether oxygens (including phenoxy) is 1. The first-order valence-corrected chi connectivity index (χ1v) is 5.61. The molecule has 0 aliphatic carbocycles. The van der Waals surface area contributed by atoms with E-state index in [-0.39, 0.29) is 6.42 Å². The van der Waals surface area contributed by atoms with Crippen molar-refractivity contribution in [1.82, 2.24) is 10.2 Å². The number of hydrogen-bond donors (Lipinski definition) is 2. The summed E-state index contributed by atoms with van der Waals surface area (Å²) in [5.74, 6) is -0.979. The number of nitrogens with zero attached hydrogens (tertiary/aromatic N) is 1. The van der Waals surface area contributed by atoms with E-state index in [0.29, 0.717) is 6.42 Å². The third kappa shape index (κ3) is 2.17. The Labute approximate surface area is 102 Å². The summed E-state index contributed by atoms with van der Waals surface area (Å²) in [6, 6.07) is -0.758. The van der Waals surface area contributed by atoms with Crippen LogP contribution in [0.15, 0.2) is 0 Å². The van der Waals surface area contributed by atoms with Crippen LogP contribution in [0.25, 0.3) is 0 Å². The van der Waals surface area contributed by atoms with Crippen molar-refractivity contribution in [3.8, 4) is 0 Å². The van der Waals surface area contributed by atoms with Gasteiger partial charge in [0.2, 0.25) is 0 Å². The van der Waals surface area contributed by atoms with Gasteiger partial charge in [-0.15, -0.1) is 0 Å². The fraction of sp³-hybridized carbons (Fsp3) is 0.800. The molecule has 0 aromatic rings. The number of imide groups is 1. The van der Waals surface area contributed by atoms with Crippen LogP contribution in [-0.4, -0.2) is 59.8 Å². The quantitative estimate of drug-likeness (QED) is 0.734. The fourth-order valence-electron chi connectivity index (χ4n) is 2.11. The zero-order valence-electron chi connectivity index (χ0n) is 9.57. The molecule has 0 bridgehead atoms. The Balaban J connectivity index is 2.05. The SMILES string of the molecule is O=C1NC(=O)N([C@H]2CC[C@](CO)(CF)O2)C[C@@H]1F. The molecule has 2 fully saturated rings. The Hall–Kier alpha value is -1.28. The average Bonchev–Trinajstić information content (AvgIpc) is 2.79. The molecular weight excluding hydrogens is 250 g/mol. The minimum atomic E-state index is -1.82. The van der Waals surface area contributed by atoms with Gasteiger partial charge in [-0.05, 0) is 12.8 Å². The first-order chi connectivity index (χ1) is 8.51. The number of nitrogens with one attached hydrogen (secondary N) is 1. The second-order valence-electron chi connectivity index (χ2n) is 4.50. The highest BCUT2D eigenvalue weighted by atomic mass is 19.1. The van der Waals surface area contributed by atoms with E-state index in [1.165, 1.54) is 0 Å². The van der Waals surface area contributed by atoms with E-state index in [0.717, 1.165) is 4.90 Å². The number of aliphatic hydroxyl groups excluding tert-OH is 1. The molecule has 6 nitrogen and oxygen atoms in total. The van der Waals surface area contributed by atoms with Crippen LogP contribution in [0.4, 0.5) is 13.6 Å². The van der Waals surface area contributed by atoms with Gasteiger partial charge in [0.1, 0.15) is 18.5 Å². The molecule has 0 aromatic heterocycles. The predicted octanol–water partition coefficient (Wildman–Crippen LogP) is -0.287. The number of carbonyl (C=O) groups excluding carboxylic acids is 2. The van der Waals surface area contributed by atoms with E-state index in [1.807, 2.05) is 5.32 Å². The molecule has 2 N–H and O–H groups in total. The van der Waals surface area contributed by atoms with Crippen LogP contribution in [0.1, 0.15) is 12.8 Å². The standard InChI is InChI=1S/C10H14F2N2O4/c11-4-10(5-15)2-1-7(18-10)14-3-6(12)8(16)13-9(14)17/h6-7,15H,1-5H2,(H,13,16,17)/t6-,7+,10+/m0/s1. The molecule has 2 heterocycles. The van der Waals surface area contributed by atoms with Crippen molar-refractivity contribution in [2.24, 2.45) is 0 Å². The van der Waals surface area contributed by atoms with Crippen LogP contribution >= 0.6 is 0 Å². The number of aliphatic hydroxyl groups is 1. The lowest BCUT2D eigenvalue weighted by atomic mass is 10.0. The summed E-state index contributed by atoms with van der Waals surface area (Å²) in [6.45, 7) is -1.80. The van der Waals surface area contributed by atoms with Gasteiger partial charge in [-0.25, -0.2) is 13.6 Å². The molecule has 2 rings (SSSR count). The van der Waals surface area contributed by atoms with Gasteiger partial charge in [-0.2, -0.15) is 0 Å². The lowest BCUT2D eigenvalue weighted by Crippen LogP contribution is -2.59. The smallest absolute Gasteiger partial charge is 0.326 e. The Kier molecular flexibility index (Phi) is 3.49. The van der Waals surface area contributed by atoms with Crippen molar-refractivity contribution in [1.29, 1.82) is 0 Å². The monoisotopic (exact) mass is 264 g/mol. The first kappa shape index (κ1) is 13.2. The predicted molar refractivity (Wildman–Crippen MR) is 55.0 cm³/mol. The molecular formula is C10H14F2N2O4. The van der Waals surface area contributed by atoms with Crippen molar-refractivity contribution < 1.29 is 28.2 Å². The maximum absolute atomic E-state index is 13.2. The van der Waals surface area contributed by atoms with E-state index in [9.17, 15) is 18.4 Å². The minimum absolute atomic E-state index is 0.235. The molecule has 102 valence electrons. The number of alkyl halides is 2. The lowest BCUT2D eigenvalue weighted by molar-refractivity contribution is -0.139. The molecule has 8 heteroatoms. The molecule has 3 atom stereocenters. The van der Waals surface area contributed by atoms with E-state index < -0.39 is 49.8 Å². The van der Waals surface area contributed by atoms with Crippen LogP contribution < -0.4 is 5.32 Å². The van der Waals surface area contributed by atoms with E-state index in [4.69, 9.17) is 9.84 Å². The maximum Gasteiger partial charge on any atom is 0.326 e. The summed E-state index contributed by atoms with van der Waals surface area (Å²) >= 11 is 0. The summed E-state index contributed by atoms with van der Waals surface area (Å²) in [4.78, 5) is 23.5. The highest BCUT2D eigenvalue weighted by Gasteiger charge is 2.46. The van der Waals surface area contributed by atoms with Crippen molar-refractivity contribution in [3.05, 3.63) is 0 Å². The summed E-state index contributed by atoms with van der Waals surface area (Å²) in [6.07, 6.45) is -2.11. The van der Waals surface area contributed by atoms with E-state index >= 15 is 0 Å². The topological polar surface area (TPSA) is 78.9 Å². The van der Waals surface area contributed by atoms with Crippen LogP contribution in [-0.2, 0) is 9.53 Å². The Morgan fingerprint density at radius 3 is 2.83 bits per heavy atom. The second-order valence-corrected chi connectivity index (χ2v) is 4.50. The summed E-state index contributed by atoms with van der Waals surface area (Å²) < 4.78 is 31.3. The fourth-order valence-corrected chi connectivity index (χ4v) is 2.11. The van der Waals surface area contributed by atoms with Gasteiger partial charge in [0.05, 0.1) is 13.2 Å². The molecule has 0 radical (unpaired) electrons. The van der Waals surface area contributed by atoms with Crippen LogP contribution in [0.3, 0.4) is 0 Å². The number of carbonyl (C=O) groups is 2.